The molecule has 2 aromatic heterocycles. The highest BCUT2D eigenvalue weighted by atomic mass is 35.5. The van der Waals surface area contributed by atoms with E-state index in [-0.39, 0.29) is 12.5 Å². The molecular formula is C26H28ClFN4O2. The first-order valence-corrected chi connectivity index (χ1v) is 12.3. The van der Waals surface area contributed by atoms with Gasteiger partial charge in [-0.05, 0) is 50.5 Å². The van der Waals surface area contributed by atoms with Crippen molar-refractivity contribution in [2.24, 2.45) is 0 Å². The van der Waals surface area contributed by atoms with Crippen LogP contribution in [0.25, 0.3) is 0 Å². The SMILES string of the molecule is CCc1nc(C)ccc1OCC(=O)N1CCc2nc3n(c2C1c1ccc(Cl)cc1F)CCCC3. The topological polar surface area (TPSA) is 60.2 Å². The minimum Gasteiger partial charge on any atom is -0.482 e. The summed E-state index contributed by atoms with van der Waals surface area (Å²) in [6.45, 7) is 5.07. The van der Waals surface area contributed by atoms with E-state index < -0.39 is 11.9 Å². The molecule has 5 rings (SSSR count). The lowest BCUT2D eigenvalue weighted by atomic mass is 9.94. The Balaban J connectivity index is 1.49. The van der Waals surface area contributed by atoms with E-state index in [1.165, 1.54) is 6.07 Å². The number of ether oxygens (including phenoxy) is 1. The predicted octanol–water partition coefficient (Wildman–Crippen LogP) is 4.83. The molecule has 3 aromatic rings. The Labute approximate surface area is 203 Å². The largest absolute Gasteiger partial charge is 0.482 e. The first-order chi connectivity index (χ1) is 16.5. The maximum Gasteiger partial charge on any atom is 0.261 e. The summed E-state index contributed by atoms with van der Waals surface area (Å²) >= 11 is 6.04. The number of aryl methyl sites for hydroxylation is 3. The molecular weight excluding hydrogens is 455 g/mol. The average molecular weight is 483 g/mol. The van der Waals surface area contributed by atoms with E-state index >= 15 is 4.39 Å². The van der Waals surface area contributed by atoms with E-state index in [9.17, 15) is 4.79 Å². The number of carbonyl (C=O) groups is 1. The molecule has 1 atom stereocenters. The minimum atomic E-state index is -0.571. The molecule has 2 aliphatic heterocycles. The third kappa shape index (κ3) is 4.17. The Hall–Kier alpha value is -2.93. The highest BCUT2D eigenvalue weighted by molar-refractivity contribution is 6.30. The smallest absolute Gasteiger partial charge is 0.261 e. The summed E-state index contributed by atoms with van der Waals surface area (Å²) in [5.41, 5.74) is 4.03. The van der Waals surface area contributed by atoms with Crippen LogP contribution in [0.3, 0.4) is 0 Å². The van der Waals surface area contributed by atoms with Gasteiger partial charge in [0.15, 0.2) is 6.61 Å². The Morgan fingerprint density at radius 2 is 2.03 bits per heavy atom. The van der Waals surface area contributed by atoms with Crippen LogP contribution in [0.4, 0.5) is 4.39 Å². The number of imidazole rings is 1. The molecule has 6 nitrogen and oxygen atoms in total. The number of hydrogen-bond acceptors (Lipinski definition) is 4. The number of hydrogen-bond donors (Lipinski definition) is 0. The van der Waals surface area contributed by atoms with Crippen LogP contribution < -0.4 is 4.74 Å². The van der Waals surface area contributed by atoms with Gasteiger partial charge in [0.25, 0.3) is 5.91 Å². The van der Waals surface area contributed by atoms with E-state index in [1.54, 1.807) is 17.0 Å². The van der Waals surface area contributed by atoms with Crippen molar-refractivity contribution in [2.75, 3.05) is 13.2 Å². The zero-order valence-corrected chi connectivity index (χ0v) is 20.2. The maximum atomic E-state index is 15.2. The molecule has 178 valence electrons. The highest BCUT2D eigenvalue weighted by Crippen LogP contribution is 2.39. The second kappa shape index (κ2) is 9.37. The number of pyridine rings is 1. The van der Waals surface area contributed by atoms with Crippen LogP contribution in [0, 0.1) is 12.7 Å². The molecule has 0 saturated heterocycles. The number of halogens is 2. The molecule has 0 saturated carbocycles. The van der Waals surface area contributed by atoms with E-state index in [2.05, 4.69) is 9.55 Å². The van der Waals surface area contributed by atoms with Gasteiger partial charge in [-0.2, -0.15) is 0 Å². The fourth-order valence-electron chi connectivity index (χ4n) is 5.07. The minimum absolute atomic E-state index is 0.139. The normalized spacial score (nSPS) is 17.3. The third-order valence-corrected chi connectivity index (χ3v) is 6.92. The molecule has 1 aromatic carbocycles. The second-order valence-corrected chi connectivity index (χ2v) is 9.35. The van der Waals surface area contributed by atoms with Crippen molar-refractivity contribution in [3.8, 4) is 5.75 Å². The number of aromatic nitrogens is 3. The van der Waals surface area contributed by atoms with Crippen molar-refractivity contribution in [1.82, 2.24) is 19.4 Å². The van der Waals surface area contributed by atoms with Crippen LogP contribution in [-0.4, -0.2) is 38.5 Å². The number of fused-ring (bicyclic) bond motifs is 3. The standard InChI is InChI=1S/C26H28ClFN4O2/c1-3-20-22(10-7-16(2)29-20)34-15-24(33)32-13-11-21-26(31-12-5-4-6-23(31)30-21)25(32)18-9-8-17(27)14-19(18)28/h7-10,14,25H,3-6,11-13,15H2,1-2H3. The lowest BCUT2D eigenvalue weighted by Crippen LogP contribution is -2.44. The number of benzene rings is 1. The summed E-state index contributed by atoms with van der Waals surface area (Å²) in [6.07, 6.45) is 4.39. The molecule has 0 spiro atoms. The molecule has 2 aliphatic rings. The predicted molar refractivity (Wildman–Crippen MR) is 128 cm³/mol. The van der Waals surface area contributed by atoms with Crippen molar-refractivity contribution >= 4 is 17.5 Å². The van der Waals surface area contributed by atoms with Crippen LogP contribution in [0.1, 0.15) is 60.0 Å². The van der Waals surface area contributed by atoms with E-state index in [0.717, 1.165) is 54.4 Å². The molecule has 0 bridgehead atoms. The summed E-state index contributed by atoms with van der Waals surface area (Å²) < 4.78 is 23.3. The van der Waals surface area contributed by atoms with Gasteiger partial charge in [0, 0.05) is 42.2 Å². The maximum absolute atomic E-state index is 15.2. The van der Waals surface area contributed by atoms with Gasteiger partial charge in [0.1, 0.15) is 23.4 Å². The van der Waals surface area contributed by atoms with Gasteiger partial charge in [-0.3, -0.25) is 9.78 Å². The molecule has 0 fully saturated rings. The average Bonchev–Trinajstić information content (AvgIpc) is 3.21. The molecule has 8 heteroatoms. The van der Waals surface area contributed by atoms with Gasteiger partial charge in [0.05, 0.1) is 17.1 Å². The van der Waals surface area contributed by atoms with Gasteiger partial charge in [-0.15, -0.1) is 0 Å². The quantitative estimate of drug-likeness (QED) is 0.522. The fourth-order valence-corrected chi connectivity index (χ4v) is 5.22. The van der Waals surface area contributed by atoms with Gasteiger partial charge in [-0.25, -0.2) is 9.37 Å². The van der Waals surface area contributed by atoms with E-state index in [4.69, 9.17) is 21.3 Å². The first kappa shape index (κ1) is 22.8. The first-order valence-electron chi connectivity index (χ1n) is 11.9. The molecule has 34 heavy (non-hydrogen) atoms. The summed E-state index contributed by atoms with van der Waals surface area (Å²) in [4.78, 5) is 24.6. The summed E-state index contributed by atoms with van der Waals surface area (Å²) in [6, 6.07) is 7.82. The fraction of sp³-hybridized carbons (Fsp3) is 0.423. The molecule has 0 aliphatic carbocycles. The lowest BCUT2D eigenvalue weighted by molar-refractivity contribution is -0.135. The number of carbonyl (C=O) groups excluding carboxylic acids is 1. The van der Waals surface area contributed by atoms with E-state index in [0.29, 0.717) is 35.7 Å². The zero-order chi connectivity index (χ0) is 23.8. The van der Waals surface area contributed by atoms with Crippen molar-refractivity contribution in [1.29, 1.82) is 0 Å². The summed E-state index contributed by atoms with van der Waals surface area (Å²) in [7, 11) is 0. The third-order valence-electron chi connectivity index (χ3n) is 6.69. The van der Waals surface area contributed by atoms with Gasteiger partial charge in [0.2, 0.25) is 0 Å². The highest BCUT2D eigenvalue weighted by Gasteiger charge is 2.38. The Morgan fingerprint density at radius 3 is 2.82 bits per heavy atom. The molecule has 4 heterocycles. The Kier molecular flexibility index (Phi) is 6.30. The van der Waals surface area contributed by atoms with Crippen LogP contribution in [-0.2, 0) is 30.6 Å². The van der Waals surface area contributed by atoms with Gasteiger partial charge >= 0.3 is 0 Å². The van der Waals surface area contributed by atoms with Crippen molar-refractivity contribution in [2.45, 2.75) is 58.5 Å². The van der Waals surface area contributed by atoms with Crippen molar-refractivity contribution < 1.29 is 13.9 Å². The van der Waals surface area contributed by atoms with Crippen LogP contribution in [0.2, 0.25) is 5.02 Å². The summed E-state index contributed by atoms with van der Waals surface area (Å²) in [5, 5.41) is 0.327. The van der Waals surface area contributed by atoms with Gasteiger partial charge in [-0.1, -0.05) is 24.6 Å². The molecule has 1 amide bonds. The number of nitrogens with zero attached hydrogens (tertiary/aromatic N) is 4. The number of rotatable bonds is 5. The molecule has 1 unspecified atom stereocenters. The van der Waals surface area contributed by atoms with Gasteiger partial charge < -0.3 is 14.2 Å². The van der Waals surface area contributed by atoms with Crippen LogP contribution in [0.15, 0.2) is 30.3 Å². The summed E-state index contributed by atoms with van der Waals surface area (Å²) in [5.74, 6) is 1.01. The monoisotopic (exact) mass is 482 g/mol. The van der Waals surface area contributed by atoms with E-state index in [1.807, 2.05) is 26.0 Å². The second-order valence-electron chi connectivity index (χ2n) is 8.91. The van der Waals surface area contributed by atoms with Crippen molar-refractivity contribution in [3.63, 3.8) is 0 Å². The molecule has 0 radical (unpaired) electrons. The Morgan fingerprint density at radius 1 is 1.18 bits per heavy atom. The van der Waals surface area contributed by atoms with Crippen molar-refractivity contribution in [3.05, 3.63) is 75.3 Å². The Bertz CT molecular complexity index is 1240. The van der Waals surface area contributed by atoms with Crippen LogP contribution in [0.5, 0.6) is 5.75 Å². The number of amides is 1. The zero-order valence-electron chi connectivity index (χ0n) is 19.5. The lowest BCUT2D eigenvalue weighted by Gasteiger charge is -2.37. The molecule has 0 N–H and O–H groups in total. The van der Waals surface area contributed by atoms with Crippen LogP contribution >= 0.6 is 11.6 Å².